The van der Waals surface area contributed by atoms with Crippen molar-refractivity contribution in [2.45, 2.75) is 25.7 Å². The molecule has 0 radical (unpaired) electrons. The normalized spacial score (nSPS) is 18.2. The Morgan fingerprint density at radius 3 is 2.84 bits per heavy atom. The van der Waals surface area contributed by atoms with Gasteiger partial charge in [0.2, 0.25) is 0 Å². The molecule has 0 saturated carbocycles. The molecule has 19 heavy (non-hydrogen) atoms. The van der Waals surface area contributed by atoms with Crippen LogP contribution in [0.2, 0.25) is 0 Å². The van der Waals surface area contributed by atoms with Crippen LogP contribution in [-0.2, 0) is 4.79 Å². The van der Waals surface area contributed by atoms with Crippen molar-refractivity contribution in [2.24, 2.45) is 0 Å². The van der Waals surface area contributed by atoms with E-state index < -0.39 is 0 Å². The molecule has 1 amide bonds. The summed E-state index contributed by atoms with van der Waals surface area (Å²) in [6.07, 6.45) is 1.32. The number of methoxy groups -OCH3 is 1. The molecule has 2 rings (SSSR count). The molecule has 0 bridgehead atoms. The lowest BCUT2D eigenvalue weighted by molar-refractivity contribution is -0.117. The Kier molecular flexibility index (Phi) is 3.88. The Labute approximate surface area is 113 Å². The van der Waals surface area contributed by atoms with Gasteiger partial charge in [-0.1, -0.05) is 0 Å². The number of hydrogen-bond acceptors (Lipinski definition) is 3. The molecule has 0 fully saturated rings. The van der Waals surface area contributed by atoms with Crippen LogP contribution in [0.1, 0.15) is 41.6 Å². The van der Waals surface area contributed by atoms with Crippen LogP contribution in [0.5, 0.6) is 5.75 Å². The van der Waals surface area contributed by atoms with E-state index in [1.54, 1.807) is 32.0 Å². The number of Topliss-reactive ketones (excluding diaryl/α,β-unsaturated/α-hetero) is 1. The summed E-state index contributed by atoms with van der Waals surface area (Å²) in [4.78, 5) is 25.0. The largest absolute Gasteiger partial charge is 0.497 e. The summed E-state index contributed by atoms with van der Waals surface area (Å²) in [5.41, 5.74) is 1.73. The van der Waals surface area contributed by atoms with Gasteiger partial charge < -0.3 is 14.4 Å². The quantitative estimate of drug-likeness (QED) is 0.835. The maximum absolute atomic E-state index is 12.1. The maximum atomic E-state index is 12.1. The molecule has 1 heterocycles. The summed E-state index contributed by atoms with van der Waals surface area (Å²) in [6, 6.07) is 5.54. The minimum atomic E-state index is 0.0386. The summed E-state index contributed by atoms with van der Waals surface area (Å²) in [6.45, 7) is 2.26. The first-order valence-electron chi connectivity index (χ1n) is 6.45. The molecule has 0 N–H and O–H groups in total. The molecule has 0 saturated heterocycles. The van der Waals surface area contributed by atoms with Gasteiger partial charge in [-0.3, -0.25) is 4.79 Å². The number of carbonyl (C=O) groups excluding carboxylic acids is 2. The number of amides is 1. The Hall–Kier alpha value is -1.84. The summed E-state index contributed by atoms with van der Waals surface area (Å²) >= 11 is 0. The number of nitrogens with zero attached hydrogens (tertiary/aromatic N) is 1. The second kappa shape index (κ2) is 5.43. The number of benzene rings is 1. The van der Waals surface area contributed by atoms with Crippen molar-refractivity contribution in [3.05, 3.63) is 29.3 Å². The van der Waals surface area contributed by atoms with Crippen LogP contribution in [0.4, 0.5) is 0 Å². The molecule has 0 spiro atoms. The lowest BCUT2D eigenvalue weighted by Crippen LogP contribution is -2.37. The van der Waals surface area contributed by atoms with Crippen molar-refractivity contribution in [2.75, 3.05) is 20.7 Å². The maximum Gasteiger partial charge on any atom is 0.253 e. The highest BCUT2D eigenvalue weighted by Gasteiger charge is 2.29. The van der Waals surface area contributed by atoms with E-state index in [0.29, 0.717) is 13.0 Å². The Morgan fingerprint density at radius 1 is 1.47 bits per heavy atom. The molecule has 102 valence electrons. The van der Waals surface area contributed by atoms with E-state index in [-0.39, 0.29) is 17.6 Å². The Balaban J connectivity index is 2.34. The zero-order valence-corrected chi connectivity index (χ0v) is 11.6. The zero-order valence-electron chi connectivity index (χ0n) is 11.6. The van der Waals surface area contributed by atoms with Gasteiger partial charge in [0, 0.05) is 31.5 Å². The molecular formula is C15H19NO3. The van der Waals surface area contributed by atoms with Gasteiger partial charge in [0.05, 0.1) is 7.11 Å². The van der Waals surface area contributed by atoms with Gasteiger partial charge in [-0.05, 0) is 37.1 Å². The second-order valence-electron chi connectivity index (χ2n) is 5.08. The molecule has 1 aromatic carbocycles. The fourth-order valence-electron chi connectivity index (χ4n) is 2.54. The monoisotopic (exact) mass is 261 g/mol. The van der Waals surface area contributed by atoms with Gasteiger partial charge in [-0.25, -0.2) is 0 Å². The molecule has 1 aliphatic heterocycles. The van der Waals surface area contributed by atoms with Crippen LogP contribution in [0, 0.1) is 0 Å². The number of fused-ring (bicyclic) bond motifs is 1. The summed E-state index contributed by atoms with van der Waals surface area (Å²) in [5.74, 6) is 1.18. The third-order valence-corrected chi connectivity index (χ3v) is 3.61. The third kappa shape index (κ3) is 2.78. The van der Waals surface area contributed by atoms with E-state index in [0.717, 1.165) is 23.3 Å². The first kappa shape index (κ1) is 13.6. The average Bonchev–Trinajstić information content (AvgIpc) is 2.40. The van der Waals surface area contributed by atoms with Crippen LogP contribution in [-0.4, -0.2) is 37.3 Å². The van der Waals surface area contributed by atoms with Gasteiger partial charge in [0.15, 0.2) is 0 Å². The fraction of sp³-hybridized carbons (Fsp3) is 0.467. The van der Waals surface area contributed by atoms with E-state index in [4.69, 9.17) is 4.74 Å². The molecule has 1 unspecified atom stereocenters. The van der Waals surface area contributed by atoms with Crippen LogP contribution < -0.4 is 4.74 Å². The van der Waals surface area contributed by atoms with Gasteiger partial charge in [0.25, 0.3) is 5.91 Å². The number of ether oxygens (including phenoxy) is 1. The molecule has 1 atom stereocenters. The minimum Gasteiger partial charge on any atom is -0.497 e. The van der Waals surface area contributed by atoms with Crippen LogP contribution >= 0.6 is 0 Å². The van der Waals surface area contributed by atoms with E-state index in [1.165, 1.54) is 0 Å². The van der Waals surface area contributed by atoms with E-state index in [2.05, 4.69) is 0 Å². The van der Waals surface area contributed by atoms with Crippen molar-refractivity contribution in [1.29, 1.82) is 0 Å². The molecule has 4 nitrogen and oxygen atoms in total. The van der Waals surface area contributed by atoms with E-state index in [9.17, 15) is 9.59 Å². The van der Waals surface area contributed by atoms with E-state index >= 15 is 0 Å². The zero-order chi connectivity index (χ0) is 14.0. The van der Waals surface area contributed by atoms with Gasteiger partial charge in [-0.2, -0.15) is 0 Å². The molecule has 1 aliphatic rings. The number of likely N-dealkylation sites (N-methyl/N-ethyl adjacent to an activating group) is 1. The first-order chi connectivity index (χ1) is 9.02. The highest BCUT2D eigenvalue weighted by Crippen LogP contribution is 2.33. The predicted molar refractivity (Wildman–Crippen MR) is 72.6 cm³/mol. The number of ketones is 1. The van der Waals surface area contributed by atoms with Gasteiger partial charge in [0.1, 0.15) is 11.5 Å². The van der Waals surface area contributed by atoms with Crippen molar-refractivity contribution >= 4 is 11.7 Å². The third-order valence-electron chi connectivity index (χ3n) is 3.61. The Bertz CT molecular complexity index is 510. The van der Waals surface area contributed by atoms with Gasteiger partial charge in [-0.15, -0.1) is 0 Å². The predicted octanol–water partition coefficient (Wildman–Crippen LogP) is 2.23. The highest BCUT2D eigenvalue weighted by atomic mass is 16.5. The molecular weight excluding hydrogens is 242 g/mol. The average molecular weight is 261 g/mol. The minimum absolute atomic E-state index is 0.0386. The SMILES string of the molecule is COc1ccc2c(c1)C(CCC(C)=O)CN(C)C2=O. The van der Waals surface area contributed by atoms with E-state index in [1.807, 2.05) is 12.1 Å². The standard InChI is InChI=1S/C15H19NO3/c1-10(17)4-5-11-9-16(2)15(18)13-7-6-12(19-3)8-14(11)13/h6-8,11H,4-5,9H2,1-3H3. The van der Waals surface area contributed by atoms with Crippen molar-refractivity contribution in [3.8, 4) is 5.75 Å². The van der Waals surface area contributed by atoms with Crippen molar-refractivity contribution in [1.82, 2.24) is 4.90 Å². The fourth-order valence-corrected chi connectivity index (χ4v) is 2.54. The topological polar surface area (TPSA) is 46.6 Å². The van der Waals surface area contributed by atoms with Crippen LogP contribution in [0.25, 0.3) is 0 Å². The summed E-state index contributed by atoms with van der Waals surface area (Å²) < 4.78 is 5.22. The molecule has 1 aromatic rings. The van der Waals surface area contributed by atoms with Crippen molar-refractivity contribution < 1.29 is 14.3 Å². The molecule has 4 heteroatoms. The highest BCUT2D eigenvalue weighted by molar-refractivity contribution is 5.97. The number of hydrogen-bond donors (Lipinski definition) is 0. The van der Waals surface area contributed by atoms with Crippen LogP contribution in [0.15, 0.2) is 18.2 Å². The second-order valence-corrected chi connectivity index (χ2v) is 5.08. The number of rotatable bonds is 4. The molecule has 0 aliphatic carbocycles. The smallest absolute Gasteiger partial charge is 0.253 e. The summed E-state index contributed by atoms with van der Waals surface area (Å²) in [7, 11) is 3.42. The van der Waals surface area contributed by atoms with Gasteiger partial charge >= 0.3 is 0 Å². The number of carbonyl (C=O) groups is 2. The lowest BCUT2D eigenvalue weighted by atomic mass is 9.86. The molecule has 0 aromatic heterocycles. The Morgan fingerprint density at radius 2 is 2.21 bits per heavy atom. The van der Waals surface area contributed by atoms with Crippen molar-refractivity contribution in [3.63, 3.8) is 0 Å². The van der Waals surface area contributed by atoms with Crippen LogP contribution in [0.3, 0.4) is 0 Å². The first-order valence-corrected chi connectivity index (χ1v) is 6.45. The summed E-state index contributed by atoms with van der Waals surface area (Å²) in [5, 5.41) is 0. The lowest BCUT2D eigenvalue weighted by Gasteiger charge is -2.32.